The molecular weight excluding hydrogens is 488 g/mol. The molecule has 0 bridgehead atoms. The van der Waals surface area contributed by atoms with Gasteiger partial charge in [0.15, 0.2) is 0 Å². The Kier molecular flexibility index (Phi) is 6.74. The lowest BCUT2D eigenvalue weighted by Gasteiger charge is -2.39. The van der Waals surface area contributed by atoms with Crippen LogP contribution in [0.4, 0.5) is 23.1 Å². The van der Waals surface area contributed by atoms with E-state index in [0.29, 0.717) is 24.4 Å². The Hall–Kier alpha value is -3.70. The molecule has 0 unspecified atom stereocenters. The number of hydrogen-bond acceptors (Lipinski definition) is 8. The Labute approximate surface area is 217 Å². The number of fused-ring (bicyclic) bond motifs is 1. The van der Waals surface area contributed by atoms with E-state index in [1.165, 1.54) is 23.3 Å². The zero-order chi connectivity index (χ0) is 26.2. The fourth-order valence-electron chi connectivity index (χ4n) is 4.72. The molecule has 0 saturated carbocycles. The highest BCUT2D eigenvalue weighted by atomic mass is 32.2. The van der Waals surface area contributed by atoms with Crippen LogP contribution in [0.5, 0.6) is 0 Å². The number of anilines is 4. The molecule has 37 heavy (non-hydrogen) atoms. The molecule has 4 aromatic rings. The molecule has 1 N–H and O–H groups in total. The van der Waals surface area contributed by atoms with Gasteiger partial charge in [-0.1, -0.05) is 6.07 Å². The molecule has 0 aliphatic carbocycles. The van der Waals surface area contributed by atoms with Crippen molar-refractivity contribution in [2.75, 3.05) is 54.5 Å². The lowest BCUT2D eigenvalue weighted by Crippen LogP contribution is -2.50. The molecule has 5 rings (SSSR count). The summed E-state index contributed by atoms with van der Waals surface area (Å²) in [5.74, 6) is 0.891. The summed E-state index contributed by atoms with van der Waals surface area (Å²) >= 11 is 0. The second-order valence-corrected chi connectivity index (χ2v) is 11.6. The minimum Gasteiger partial charge on any atom is -0.366 e. The fraction of sp³-hybridized carbons (Fsp3) is 0.346. The standard InChI is InChI=1S/C26H32N8O2S/c1-19-17-31(2)14-15-34(19)23-9-7-22(8-10-23)29-26-28-16-20-11-13-33(25(20)30-26)18-21-6-5-12-27-24(21)32(3)37(4,35)36/h5-13,16,19H,14-15,17-18H2,1-4H3,(H,28,29,30)/t19-/m1/s1. The summed E-state index contributed by atoms with van der Waals surface area (Å²) in [5.41, 5.74) is 3.64. The summed E-state index contributed by atoms with van der Waals surface area (Å²) in [6.45, 7) is 5.80. The maximum absolute atomic E-state index is 12.1. The third-order valence-corrected chi connectivity index (χ3v) is 7.96. The zero-order valence-corrected chi connectivity index (χ0v) is 22.4. The minimum absolute atomic E-state index is 0.397. The van der Waals surface area contributed by atoms with Crippen molar-refractivity contribution in [1.82, 2.24) is 24.4 Å². The third-order valence-electron chi connectivity index (χ3n) is 6.79. The zero-order valence-electron chi connectivity index (χ0n) is 21.5. The molecule has 1 atom stereocenters. The smallest absolute Gasteiger partial charge is 0.233 e. The average molecular weight is 521 g/mol. The van der Waals surface area contributed by atoms with E-state index in [4.69, 9.17) is 4.98 Å². The molecule has 4 heterocycles. The molecule has 194 valence electrons. The van der Waals surface area contributed by atoms with Gasteiger partial charge in [-0.2, -0.15) is 4.98 Å². The second kappa shape index (κ2) is 9.98. The van der Waals surface area contributed by atoms with Crippen LogP contribution in [-0.2, 0) is 16.6 Å². The van der Waals surface area contributed by atoms with Crippen LogP contribution < -0.4 is 14.5 Å². The first kappa shape index (κ1) is 25.0. The Morgan fingerprint density at radius 1 is 1.11 bits per heavy atom. The van der Waals surface area contributed by atoms with Crippen LogP contribution in [0.1, 0.15) is 12.5 Å². The Morgan fingerprint density at radius 2 is 1.89 bits per heavy atom. The first-order valence-corrected chi connectivity index (χ1v) is 14.1. The van der Waals surface area contributed by atoms with Gasteiger partial charge in [-0.05, 0) is 50.4 Å². The number of nitrogens with zero attached hydrogens (tertiary/aromatic N) is 7. The molecule has 0 amide bonds. The molecular formula is C26H32N8O2S. The third kappa shape index (κ3) is 5.37. The van der Waals surface area contributed by atoms with Gasteiger partial charge in [0.25, 0.3) is 0 Å². The van der Waals surface area contributed by atoms with Crippen molar-refractivity contribution in [2.24, 2.45) is 0 Å². The molecule has 1 saturated heterocycles. The van der Waals surface area contributed by atoms with E-state index in [9.17, 15) is 8.42 Å². The average Bonchev–Trinajstić information content (AvgIpc) is 3.26. The first-order chi connectivity index (χ1) is 17.7. The van der Waals surface area contributed by atoms with E-state index in [-0.39, 0.29) is 0 Å². The summed E-state index contributed by atoms with van der Waals surface area (Å²) in [6, 6.07) is 14.5. The van der Waals surface area contributed by atoms with Gasteiger partial charge in [-0.15, -0.1) is 0 Å². The molecule has 0 spiro atoms. The predicted molar refractivity (Wildman–Crippen MR) is 148 cm³/mol. The topological polar surface area (TPSA) is 99.5 Å². The monoisotopic (exact) mass is 520 g/mol. The SMILES string of the molecule is C[C@@H]1CN(C)CCN1c1ccc(Nc2ncc3ccn(Cc4cccnc4N(C)S(C)(=O)=O)c3n2)cc1. The largest absolute Gasteiger partial charge is 0.366 e. The molecule has 11 heteroatoms. The van der Waals surface area contributed by atoms with Crippen molar-refractivity contribution in [3.63, 3.8) is 0 Å². The number of pyridine rings is 1. The van der Waals surface area contributed by atoms with E-state index in [1.807, 2.05) is 22.9 Å². The van der Waals surface area contributed by atoms with Gasteiger partial charge >= 0.3 is 0 Å². The second-order valence-electron chi connectivity index (χ2n) is 9.61. The molecule has 1 aliphatic heterocycles. The van der Waals surface area contributed by atoms with Crippen molar-refractivity contribution in [1.29, 1.82) is 0 Å². The normalized spacial score (nSPS) is 16.8. The number of nitrogens with one attached hydrogen (secondary N) is 1. The Bertz CT molecular complexity index is 1500. The number of benzene rings is 1. The lowest BCUT2D eigenvalue weighted by molar-refractivity contribution is 0.275. The van der Waals surface area contributed by atoms with Gasteiger partial charge in [0.2, 0.25) is 16.0 Å². The van der Waals surface area contributed by atoms with Crippen molar-refractivity contribution < 1.29 is 8.42 Å². The minimum atomic E-state index is -3.44. The maximum atomic E-state index is 12.1. The van der Waals surface area contributed by atoms with Gasteiger partial charge in [0, 0.05) is 73.6 Å². The molecule has 1 aliphatic rings. The first-order valence-electron chi connectivity index (χ1n) is 12.2. The van der Waals surface area contributed by atoms with E-state index >= 15 is 0 Å². The maximum Gasteiger partial charge on any atom is 0.233 e. The highest BCUT2D eigenvalue weighted by molar-refractivity contribution is 7.92. The summed E-state index contributed by atoms with van der Waals surface area (Å²) in [4.78, 5) is 18.3. The van der Waals surface area contributed by atoms with Crippen LogP contribution in [0.15, 0.2) is 61.1 Å². The number of piperazine rings is 1. The fourth-order valence-corrected chi connectivity index (χ4v) is 5.20. The van der Waals surface area contributed by atoms with E-state index in [2.05, 4.69) is 63.3 Å². The van der Waals surface area contributed by atoms with Crippen LogP contribution in [0.3, 0.4) is 0 Å². The quantitative estimate of drug-likeness (QED) is 0.397. The predicted octanol–water partition coefficient (Wildman–Crippen LogP) is 3.15. The summed E-state index contributed by atoms with van der Waals surface area (Å²) < 4.78 is 27.4. The van der Waals surface area contributed by atoms with Crippen LogP contribution in [-0.4, -0.2) is 78.9 Å². The van der Waals surface area contributed by atoms with Gasteiger partial charge in [0.1, 0.15) is 11.5 Å². The van der Waals surface area contributed by atoms with Gasteiger partial charge in [-0.3, -0.25) is 4.31 Å². The van der Waals surface area contributed by atoms with Crippen LogP contribution >= 0.6 is 0 Å². The molecule has 10 nitrogen and oxygen atoms in total. The van der Waals surface area contributed by atoms with E-state index in [1.54, 1.807) is 18.5 Å². The lowest BCUT2D eigenvalue weighted by atomic mass is 10.1. The molecule has 3 aromatic heterocycles. The molecule has 1 aromatic carbocycles. The van der Waals surface area contributed by atoms with Crippen molar-refractivity contribution in [3.8, 4) is 0 Å². The number of likely N-dealkylation sites (N-methyl/N-ethyl adjacent to an activating group) is 1. The summed E-state index contributed by atoms with van der Waals surface area (Å²) in [5, 5.41) is 4.21. The van der Waals surface area contributed by atoms with Crippen molar-refractivity contribution >= 4 is 44.2 Å². The number of rotatable bonds is 7. The Balaban J connectivity index is 1.36. The van der Waals surface area contributed by atoms with Gasteiger partial charge in [0.05, 0.1) is 12.8 Å². The number of hydrogen-bond donors (Lipinski definition) is 1. The molecule has 0 radical (unpaired) electrons. The van der Waals surface area contributed by atoms with Crippen LogP contribution in [0.2, 0.25) is 0 Å². The van der Waals surface area contributed by atoms with Gasteiger partial charge in [-0.25, -0.2) is 18.4 Å². The van der Waals surface area contributed by atoms with Crippen molar-refractivity contribution in [3.05, 3.63) is 66.6 Å². The number of sulfonamides is 1. The van der Waals surface area contributed by atoms with Crippen LogP contribution in [0, 0.1) is 0 Å². The summed E-state index contributed by atoms with van der Waals surface area (Å²) in [6.07, 6.45) is 6.47. The van der Waals surface area contributed by atoms with E-state index < -0.39 is 10.0 Å². The van der Waals surface area contributed by atoms with Crippen molar-refractivity contribution in [2.45, 2.75) is 19.5 Å². The van der Waals surface area contributed by atoms with Crippen LogP contribution in [0.25, 0.3) is 11.0 Å². The molecule has 1 fully saturated rings. The highest BCUT2D eigenvalue weighted by Crippen LogP contribution is 2.25. The van der Waals surface area contributed by atoms with Gasteiger partial charge < -0.3 is 19.7 Å². The highest BCUT2D eigenvalue weighted by Gasteiger charge is 2.21. The number of aromatic nitrogens is 4. The van der Waals surface area contributed by atoms with E-state index in [0.717, 1.165) is 41.9 Å². The Morgan fingerprint density at radius 3 is 2.62 bits per heavy atom. The summed E-state index contributed by atoms with van der Waals surface area (Å²) in [7, 11) is 0.237.